The van der Waals surface area contributed by atoms with Gasteiger partial charge in [-0.25, -0.2) is 9.59 Å². The Kier molecular flexibility index (Phi) is 3.39. The van der Waals surface area contributed by atoms with Crippen LogP contribution in [-0.4, -0.2) is 24.0 Å². The van der Waals surface area contributed by atoms with E-state index in [2.05, 4.69) is 4.98 Å². The Morgan fingerprint density at radius 3 is 3.00 bits per heavy atom. The number of carbonyl (C=O) groups is 2. The summed E-state index contributed by atoms with van der Waals surface area (Å²) < 4.78 is 10.0. The Labute approximate surface area is 121 Å². The number of ether oxygens (including phenoxy) is 2. The lowest BCUT2D eigenvalue weighted by Crippen LogP contribution is -2.06. The number of hydrogen-bond acceptors (Lipinski definition) is 5. The van der Waals surface area contributed by atoms with Gasteiger partial charge in [-0.15, -0.1) is 0 Å². The zero-order valence-corrected chi connectivity index (χ0v) is 11.4. The van der Waals surface area contributed by atoms with Crippen molar-refractivity contribution >= 4 is 11.9 Å². The summed E-state index contributed by atoms with van der Waals surface area (Å²) in [5.41, 5.74) is 2.51. The first-order valence-corrected chi connectivity index (χ1v) is 6.52. The number of benzene rings is 1. The highest BCUT2D eigenvalue weighted by molar-refractivity contribution is 5.93. The van der Waals surface area contributed by atoms with Gasteiger partial charge < -0.3 is 9.47 Å². The summed E-state index contributed by atoms with van der Waals surface area (Å²) in [6.07, 6.45) is 1.70. The number of nitrogens with zero attached hydrogens (tertiary/aromatic N) is 1. The van der Waals surface area contributed by atoms with Crippen LogP contribution in [0.1, 0.15) is 38.1 Å². The highest BCUT2D eigenvalue weighted by atomic mass is 16.5. The summed E-state index contributed by atoms with van der Waals surface area (Å²) in [7, 11) is 1.34. The van der Waals surface area contributed by atoms with E-state index in [-0.39, 0.29) is 5.97 Å². The summed E-state index contributed by atoms with van der Waals surface area (Å²) in [6.45, 7) is 0. The van der Waals surface area contributed by atoms with E-state index in [1.807, 2.05) is 6.07 Å². The molecule has 5 nitrogen and oxygen atoms in total. The number of rotatable bonds is 3. The van der Waals surface area contributed by atoms with Gasteiger partial charge >= 0.3 is 11.9 Å². The highest BCUT2D eigenvalue weighted by Crippen LogP contribution is 2.31. The minimum atomic E-state index is -0.415. The largest absolute Gasteiger partial charge is 0.465 e. The molecule has 3 rings (SSSR count). The topological polar surface area (TPSA) is 65.5 Å². The van der Waals surface area contributed by atoms with E-state index in [1.165, 1.54) is 7.11 Å². The molecule has 0 amide bonds. The Bertz CT molecular complexity index is 711. The molecule has 0 radical (unpaired) electrons. The SMILES string of the molecule is COC(=O)c1cccc(CC2OC(=O)c3cccnc32)c1. The maximum Gasteiger partial charge on any atom is 0.340 e. The monoisotopic (exact) mass is 283 g/mol. The molecule has 1 aliphatic rings. The van der Waals surface area contributed by atoms with Gasteiger partial charge in [0.2, 0.25) is 0 Å². The number of esters is 2. The molecule has 0 fully saturated rings. The molecule has 1 unspecified atom stereocenters. The van der Waals surface area contributed by atoms with Crippen molar-refractivity contribution in [3.63, 3.8) is 0 Å². The van der Waals surface area contributed by atoms with E-state index in [0.717, 1.165) is 5.56 Å². The number of cyclic esters (lactones) is 1. The van der Waals surface area contributed by atoms with Gasteiger partial charge in [0.25, 0.3) is 0 Å². The zero-order chi connectivity index (χ0) is 14.8. The number of pyridine rings is 1. The second-order valence-electron chi connectivity index (χ2n) is 4.73. The standard InChI is InChI=1S/C16H13NO4/c1-20-15(18)11-5-2-4-10(8-11)9-13-14-12(16(19)21-13)6-3-7-17-14/h2-8,13H,9H2,1H3. The summed E-state index contributed by atoms with van der Waals surface area (Å²) in [5, 5.41) is 0. The number of fused-ring (bicyclic) bond motifs is 1. The van der Waals surface area contributed by atoms with Gasteiger partial charge in [-0.1, -0.05) is 12.1 Å². The Hall–Kier alpha value is -2.69. The van der Waals surface area contributed by atoms with Crippen LogP contribution in [0.5, 0.6) is 0 Å². The van der Waals surface area contributed by atoms with E-state index in [1.54, 1.807) is 36.5 Å². The average Bonchev–Trinajstić information content (AvgIpc) is 2.83. The lowest BCUT2D eigenvalue weighted by Gasteiger charge is -2.10. The molecule has 1 atom stereocenters. The van der Waals surface area contributed by atoms with Crippen LogP contribution in [0.3, 0.4) is 0 Å². The van der Waals surface area contributed by atoms with Crippen molar-refractivity contribution in [2.75, 3.05) is 7.11 Å². The summed E-state index contributed by atoms with van der Waals surface area (Å²) >= 11 is 0. The first-order valence-electron chi connectivity index (χ1n) is 6.52. The number of hydrogen-bond donors (Lipinski definition) is 0. The highest BCUT2D eigenvalue weighted by Gasteiger charge is 2.32. The average molecular weight is 283 g/mol. The smallest absolute Gasteiger partial charge is 0.340 e. The zero-order valence-electron chi connectivity index (χ0n) is 11.4. The van der Waals surface area contributed by atoms with Gasteiger partial charge in [-0.3, -0.25) is 4.98 Å². The van der Waals surface area contributed by atoms with Gasteiger partial charge in [-0.2, -0.15) is 0 Å². The van der Waals surface area contributed by atoms with Crippen molar-refractivity contribution in [1.29, 1.82) is 0 Å². The van der Waals surface area contributed by atoms with Crippen LogP contribution >= 0.6 is 0 Å². The van der Waals surface area contributed by atoms with Gasteiger partial charge in [0.15, 0.2) is 0 Å². The van der Waals surface area contributed by atoms with Crippen LogP contribution in [0.15, 0.2) is 42.6 Å². The van der Waals surface area contributed by atoms with Crippen LogP contribution < -0.4 is 0 Å². The van der Waals surface area contributed by atoms with Crippen molar-refractivity contribution in [3.05, 3.63) is 65.0 Å². The van der Waals surface area contributed by atoms with Crippen molar-refractivity contribution in [2.45, 2.75) is 12.5 Å². The first-order chi connectivity index (χ1) is 10.2. The molecule has 21 heavy (non-hydrogen) atoms. The minimum Gasteiger partial charge on any atom is -0.465 e. The molecule has 2 heterocycles. The van der Waals surface area contributed by atoms with E-state index < -0.39 is 12.1 Å². The molecule has 0 bridgehead atoms. The van der Waals surface area contributed by atoms with E-state index in [4.69, 9.17) is 9.47 Å². The van der Waals surface area contributed by atoms with Crippen molar-refractivity contribution in [3.8, 4) is 0 Å². The first kappa shape index (κ1) is 13.3. The van der Waals surface area contributed by atoms with Gasteiger partial charge in [0.05, 0.1) is 23.9 Å². The normalized spacial score (nSPS) is 16.2. The van der Waals surface area contributed by atoms with Crippen LogP contribution in [0.2, 0.25) is 0 Å². The number of methoxy groups -OCH3 is 1. The maximum atomic E-state index is 11.8. The molecule has 0 spiro atoms. The van der Waals surface area contributed by atoms with Crippen LogP contribution in [0.25, 0.3) is 0 Å². The molecule has 0 N–H and O–H groups in total. The molecule has 2 aromatic rings. The fourth-order valence-corrected chi connectivity index (χ4v) is 2.39. The number of aromatic nitrogens is 1. The molecule has 1 aromatic heterocycles. The van der Waals surface area contributed by atoms with Gasteiger partial charge in [0, 0.05) is 12.6 Å². The number of carbonyl (C=O) groups excluding carboxylic acids is 2. The molecule has 0 saturated carbocycles. The van der Waals surface area contributed by atoms with Crippen molar-refractivity contribution < 1.29 is 19.1 Å². The third kappa shape index (κ3) is 2.50. The minimum absolute atomic E-state index is 0.354. The quantitative estimate of drug-likeness (QED) is 0.809. The van der Waals surface area contributed by atoms with Gasteiger partial charge in [0.1, 0.15) is 6.10 Å². The lowest BCUT2D eigenvalue weighted by atomic mass is 10.0. The Balaban J connectivity index is 1.85. The second-order valence-corrected chi connectivity index (χ2v) is 4.73. The molecule has 0 aliphatic carbocycles. The maximum absolute atomic E-state index is 11.8. The Morgan fingerprint density at radius 2 is 2.19 bits per heavy atom. The predicted octanol–water partition coefficient (Wildman–Crippen LogP) is 2.32. The van der Waals surface area contributed by atoms with E-state index in [9.17, 15) is 9.59 Å². The van der Waals surface area contributed by atoms with Gasteiger partial charge in [-0.05, 0) is 29.8 Å². The second kappa shape index (κ2) is 5.36. The van der Waals surface area contributed by atoms with E-state index >= 15 is 0 Å². The fraction of sp³-hybridized carbons (Fsp3) is 0.188. The van der Waals surface area contributed by atoms with E-state index in [0.29, 0.717) is 23.2 Å². The third-order valence-electron chi connectivity index (χ3n) is 3.38. The summed E-state index contributed by atoms with van der Waals surface area (Å²) in [6, 6.07) is 10.5. The third-order valence-corrected chi connectivity index (χ3v) is 3.38. The molecule has 1 aliphatic heterocycles. The van der Waals surface area contributed by atoms with Crippen LogP contribution in [-0.2, 0) is 15.9 Å². The molecular weight excluding hydrogens is 270 g/mol. The Morgan fingerprint density at radius 1 is 1.33 bits per heavy atom. The van der Waals surface area contributed by atoms with Crippen LogP contribution in [0, 0.1) is 0 Å². The molecule has 106 valence electrons. The summed E-state index contributed by atoms with van der Waals surface area (Å²) in [5.74, 6) is -0.744. The fourth-order valence-electron chi connectivity index (χ4n) is 2.39. The summed E-state index contributed by atoms with van der Waals surface area (Å²) in [4.78, 5) is 27.5. The molecular formula is C16H13NO4. The lowest BCUT2D eigenvalue weighted by molar-refractivity contribution is 0.0381. The molecule has 0 saturated heterocycles. The molecule has 1 aromatic carbocycles. The van der Waals surface area contributed by atoms with Crippen molar-refractivity contribution in [1.82, 2.24) is 4.98 Å². The predicted molar refractivity (Wildman–Crippen MR) is 73.9 cm³/mol. The van der Waals surface area contributed by atoms with Crippen molar-refractivity contribution in [2.24, 2.45) is 0 Å². The van der Waals surface area contributed by atoms with Crippen LogP contribution in [0.4, 0.5) is 0 Å². The molecule has 5 heteroatoms.